The lowest BCUT2D eigenvalue weighted by Gasteiger charge is -2.41. The predicted octanol–water partition coefficient (Wildman–Crippen LogP) is 3.10. The van der Waals surface area contributed by atoms with Crippen LogP contribution in [0.15, 0.2) is 23.1 Å². The standard InChI is InChI=1S/C14H20Cl2N2O2S/c1-14(2,3)17-6-8-18(9-7-17)21(19,20)11-4-5-12(15)13(16)10-11/h4-5,10H,6-9H2,1-3H3. The molecule has 0 aliphatic carbocycles. The van der Waals surface area contributed by atoms with Gasteiger partial charge in [-0.1, -0.05) is 23.2 Å². The van der Waals surface area contributed by atoms with Gasteiger partial charge >= 0.3 is 0 Å². The number of sulfonamides is 1. The van der Waals surface area contributed by atoms with E-state index in [1.165, 1.54) is 22.5 Å². The molecule has 21 heavy (non-hydrogen) atoms. The quantitative estimate of drug-likeness (QED) is 0.822. The Labute approximate surface area is 136 Å². The topological polar surface area (TPSA) is 40.6 Å². The zero-order valence-corrected chi connectivity index (χ0v) is 14.8. The molecule has 0 amide bonds. The van der Waals surface area contributed by atoms with Gasteiger partial charge in [-0.05, 0) is 39.0 Å². The van der Waals surface area contributed by atoms with E-state index in [-0.39, 0.29) is 15.5 Å². The van der Waals surface area contributed by atoms with E-state index in [4.69, 9.17) is 23.2 Å². The zero-order chi connectivity index (χ0) is 15.8. The second-order valence-corrected chi connectivity index (χ2v) is 8.89. The monoisotopic (exact) mass is 350 g/mol. The summed E-state index contributed by atoms with van der Waals surface area (Å²) in [4.78, 5) is 2.48. The maximum Gasteiger partial charge on any atom is 0.243 e. The van der Waals surface area contributed by atoms with Crippen LogP contribution in [-0.2, 0) is 10.0 Å². The highest BCUT2D eigenvalue weighted by Gasteiger charge is 2.32. The molecule has 4 nitrogen and oxygen atoms in total. The molecule has 1 aliphatic rings. The first kappa shape index (κ1) is 17.0. The summed E-state index contributed by atoms with van der Waals surface area (Å²) in [6.45, 7) is 8.83. The largest absolute Gasteiger partial charge is 0.296 e. The van der Waals surface area contributed by atoms with Crippen LogP contribution in [0.2, 0.25) is 10.0 Å². The first-order valence-electron chi connectivity index (χ1n) is 6.82. The lowest BCUT2D eigenvalue weighted by Crippen LogP contribution is -2.54. The van der Waals surface area contributed by atoms with Crippen molar-refractivity contribution in [1.29, 1.82) is 0 Å². The summed E-state index contributed by atoms with van der Waals surface area (Å²) in [5.74, 6) is 0. The molecule has 2 rings (SSSR count). The molecule has 0 radical (unpaired) electrons. The lowest BCUT2D eigenvalue weighted by molar-refractivity contribution is 0.0922. The lowest BCUT2D eigenvalue weighted by atomic mass is 10.1. The van der Waals surface area contributed by atoms with Crippen LogP contribution >= 0.6 is 23.2 Å². The van der Waals surface area contributed by atoms with E-state index in [0.717, 1.165) is 13.1 Å². The molecule has 0 unspecified atom stereocenters. The van der Waals surface area contributed by atoms with Crippen molar-refractivity contribution in [3.8, 4) is 0 Å². The Morgan fingerprint density at radius 2 is 1.57 bits per heavy atom. The van der Waals surface area contributed by atoms with E-state index < -0.39 is 10.0 Å². The summed E-state index contributed by atoms with van der Waals surface area (Å²) in [6.07, 6.45) is 0. The van der Waals surface area contributed by atoms with E-state index in [1.807, 2.05) is 0 Å². The Kier molecular flexibility index (Phi) is 4.90. The molecule has 0 spiro atoms. The molecule has 7 heteroatoms. The Bertz CT molecular complexity index is 618. The Balaban J connectivity index is 2.17. The second-order valence-electron chi connectivity index (χ2n) is 6.14. The highest BCUT2D eigenvalue weighted by atomic mass is 35.5. The average molecular weight is 351 g/mol. The maximum atomic E-state index is 12.6. The van der Waals surface area contributed by atoms with E-state index in [2.05, 4.69) is 25.7 Å². The third-order valence-electron chi connectivity index (χ3n) is 3.72. The molecule has 1 heterocycles. The van der Waals surface area contributed by atoms with Crippen molar-refractivity contribution in [3.05, 3.63) is 28.2 Å². The molecule has 0 saturated carbocycles. The maximum absolute atomic E-state index is 12.6. The normalized spacial score (nSPS) is 18.9. The summed E-state index contributed by atoms with van der Waals surface area (Å²) in [5, 5.41) is 0.610. The van der Waals surface area contributed by atoms with E-state index in [9.17, 15) is 8.42 Å². The molecule has 118 valence electrons. The van der Waals surface area contributed by atoms with Gasteiger partial charge in [0, 0.05) is 31.7 Å². The summed E-state index contributed by atoms with van der Waals surface area (Å²) in [6, 6.07) is 4.43. The van der Waals surface area contributed by atoms with Gasteiger partial charge in [-0.3, -0.25) is 4.90 Å². The average Bonchev–Trinajstić information content (AvgIpc) is 2.41. The minimum Gasteiger partial charge on any atom is -0.296 e. The van der Waals surface area contributed by atoms with Crippen LogP contribution in [0.25, 0.3) is 0 Å². The number of halogens is 2. The van der Waals surface area contributed by atoms with Gasteiger partial charge in [0.25, 0.3) is 0 Å². The van der Waals surface area contributed by atoms with E-state index >= 15 is 0 Å². The molecule has 0 N–H and O–H groups in total. The smallest absolute Gasteiger partial charge is 0.243 e. The fourth-order valence-electron chi connectivity index (χ4n) is 2.39. The van der Waals surface area contributed by atoms with Gasteiger partial charge in [0.15, 0.2) is 0 Å². The van der Waals surface area contributed by atoms with Crippen LogP contribution in [0, 0.1) is 0 Å². The molecule has 0 bridgehead atoms. The zero-order valence-electron chi connectivity index (χ0n) is 12.4. The first-order chi connectivity index (χ1) is 9.62. The minimum absolute atomic E-state index is 0.0550. The molecule has 1 aromatic carbocycles. The molecule has 0 aromatic heterocycles. The summed E-state index contributed by atoms with van der Waals surface area (Å²) >= 11 is 11.8. The minimum atomic E-state index is -3.51. The third-order valence-corrected chi connectivity index (χ3v) is 6.35. The van der Waals surface area contributed by atoms with Crippen LogP contribution in [0.4, 0.5) is 0 Å². The molecule has 0 atom stereocenters. The summed E-state index contributed by atoms with van der Waals surface area (Å²) < 4.78 is 26.7. The molecule has 1 aromatic rings. The molecular weight excluding hydrogens is 331 g/mol. The van der Waals surface area contributed by atoms with Crippen molar-refractivity contribution in [2.45, 2.75) is 31.2 Å². The van der Waals surface area contributed by atoms with Gasteiger partial charge in [-0.15, -0.1) is 0 Å². The Morgan fingerprint density at radius 3 is 2.05 bits per heavy atom. The van der Waals surface area contributed by atoms with E-state index in [1.54, 1.807) is 0 Å². The van der Waals surface area contributed by atoms with Gasteiger partial charge in [-0.2, -0.15) is 4.31 Å². The number of benzene rings is 1. The predicted molar refractivity (Wildman–Crippen MR) is 86.5 cm³/mol. The van der Waals surface area contributed by atoms with Crippen LogP contribution in [0.5, 0.6) is 0 Å². The summed E-state index contributed by atoms with van der Waals surface area (Å²) in [7, 11) is -3.51. The van der Waals surface area contributed by atoms with Crippen molar-refractivity contribution < 1.29 is 8.42 Å². The number of hydrogen-bond donors (Lipinski definition) is 0. The van der Waals surface area contributed by atoms with Crippen LogP contribution in [-0.4, -0.2) is 49.3 Å². The van der Waals surface area contributed by atoms with Crippen LogP contribution in [0.1, 0.15) is 20.8 Å². The van der Waals surface area contributed by atoms with Crippen LogP contribution < -0.4 is 0 Å². The van der Waals surface area contributed by atoms with Gasteiger partial charge in [0.1, 0.15) is 0 Å². The van der Waals surface area contributed by atoms with Gasteiger partial charge in [-0.25, -0.2) is 8.42 Å². The Morgan fingerprint density at radius 1 is 1.00 bits per heavy atom. The van der Waals surface area contributed by atoms with Gasteiger partial charge < -0.3 is 0 Å². The Hall–Kier alpha value is -0.330. The highest BCUT2D eigenvalue weighted by Crippen LogP contribution is 2.27. The van der Waals surface area contributed by atoms with Crippen LogP contribution in [0.3, 0.4) is 0 Å². The van der Waals surface area contributed by atoms with Crippen molar-refractivity contribution in [3.63, 3.8) is 0 Å². The van der Waals surface area contributed by atoms with Gasteiger partial charge in [0.05, 0.1) is 14.9 Å². The fourth-order valence-corrected chi connectivity index (χ4v) is 4.20. The highest BCUT2D eigenvalue weighted by molar-refractivity contribution is 7.89. The van der Waals surface area contributed by atoms with E-state index in [0.29, 0.717) is 18.1 Å². The first-order valence-corrected chi connectivity index (χ1v) is 9.02. The second kappa shape index (κ2) is 6.05. The molecular formula is C14H20Cl2N2O2S. The van der Waals surface area contributed by atoms with Crippen molar-refractivity contribution in [2.24, 2.45) is 0 Å². The number of nitrogens with zero attached hydrogens (tertiary/aromatic N) is 2. The molecule has 1 fully saturated rings. The SMILES string of the molecule is CC(C)(C)N1CCN(S(=O)(=O)c2ccc(Cl)c(Cl)c2)CC1. The summed E-state index contributed by atoms with van der Waals surface area (Å²) in [5.41, 5.74) is 0.0550. The number of hydrogen-bond acceptors (Lipinski definition) is 3. The molecule has 1 saturated heterocycles. The van der Waals surface area contributed by atoms with Crippen molar-refractivity contribution in [1.82, 2.24) is 9.21 Å². The number of rotatable bonds is 2. The fraction of sp³-hybridized carbons (Fsp3) is 0.571. The molecule has 1 aliphatic heterocycles. The number of piperazine rings is 1. The van der Waals surface area contributed by atoms with Gasteiger partial charge in [0.2, 0.25) is 10.0 Å². The van der Waals surface area contributed by atoms with Crippen molar-refractivity contribution in [2.75, 3.05) is 26.2 Å². The third kappa shape index (κ3) is 3.71. The van der Waals surface area contributed by atoms with Crippen molar-refractivity contribution >= 4 is 33.2 Å².